The fraction of sp³-hybridized carbons (Fsp3) is 0.500. The number of hydrogen-bond acceptors (Lipinski definition) is 4. The zero-order valence-electron chi connectivity index (χ0n) is 8.57. The lowest BCUT2D eigenvalue weighted by Crippen LogP contribution is -2.00. The van der Waals surface area contributed by atoms with Crippen molar-refractivity contribution in [3.63, 3.8) is 0 Å². The maximum Gasteiger partial charge on any atom is 0.305 e. The molecule has 0 spiro atoms. The van der Waals surface area contributed by atoms with Crippen molar-refractivity contribution in [3.8, 4) is 0 Å². The summed E-state index contributed by atoms with van der Waals surface area (Å²) >= 11 is 3.27. The standard InChI is InChI=1S/C10H13BrN2O2/c1-15-10(14)5-3-2-4-9-12-6-8(11)7-13-9/h6-7H,2-5H2,1H3. The molecular formula is C10H13BrN2O2. The third kappa shape index (κ3) is 4.88. The number of methoxy groups -OCH3 is 1. The molecule has 0 saturated heterocycles. The van der Waals surface area contributed by atoms with Crippen molar-refractivity contribution in [3.05, 3.63) is 22.7 Å². The summed E-state index contributed by atoms with van der Waals surface area (Å²) in [7, 11) is 1.40. The molecule has 0 atom stereocenters. The van der Waals surface area contributed by atoms with Crippen LogP contribution in [0.5, 0.6) is 0 Å². The molecule has 0 saturated carbocycles. The summed E-state index contributed by atoms with van der Waals surface area (Å²) in [5.74, 6) is 0.648. The van der Waals surface area contributed by atoms with E-state index < -0.39 is 0 Å². The maximum absolute atomic E-state index is 10.8. The van der Waals surface area contributed by atoms with Crippen LogP contribution in [0.15, 0.2) is 16.9 Å². The molecule has 5 heteroatoms. The predicted octanol–water partition coefficient (Wildman–Crippen LogP) is 2.12. The van der Waals surface area contributed by atoms with Crippen LogP contribution >= 0.6 is 15.9 Å². The van der Waals surface area contributed by atoms with Gasteiger partial charge < -0.3 is 4.74 Å². The summed E-state index contributed by atoms with van der Waals surface area (Å²) in [5, 5.41) is 0. The van der Waals surface area contributed by atoms with E-state index in [9.17, 15) is 4.79 Å². The van der Waals surface area contributed by atoms with E-state index >= 15 is 0 Å². The highest BCUT2D eigenvalue weighted by molar-refractivity contribution is 9.10. The summed E-state index contributed by atoms with van der Waals surface area (Å²) < 4.78 is 5.42. The molecule has 1 aromatic rings. The predicted molar refractivity (Wildman–Crippen MR) is 59.3 cm³/mol. The van der Waals surface area contributed by atoms with E-state index in [1.807, 2.05) is 0 Å². The number of carbonyl (C=O) groups excluding carboxylic acids is 1. The average Bonchev–Trinajstić information content (AvgIpc) is 2.26. The van der Waals surface area contributed by atoms with E-state index in [0.717, 1.165) is 29.6 Å². The molecule has 0 fully saturated rings. The molecule has 0 aliphatic rings. The highest BCUT2D eigenvalue weighted by atomic mass is 79.9. The van der Waals surface area contributed by atoms with E-state index in [4.69, 9.17) is 0 Å². The summed E-state index contributed by atoms with van der Waals surface area (Å²) in [4.78, 5) is 19.1. The van der Waals surface area contributed by atoms with E-state index in [0.29, 0.717) is 6.42 Å². The molecule has 82 valence electrons. The zero-order chi connectivity index (χ0) is 11.1. The van der Waals surface area contributed by atoms with Crippen LogP contribution in [0.1, 0.15) is 25.1 Å². The van der Waals surface area contributed by atoms with Crippen LogP contribution in [0.2, 0.25) is 0 Å². The molecule has 4 nitrogen and oxygen atoms in total. The second-order valence-electron chi connectivity index (χ2n) is 3.10. The number of aryl methyl sites for hydroxylation is 1. The molecule has 0 bridgehead atoms. The van der Waals surface area contributed by atoms with Gasteiger partial charge >= 0.3 is 5.97 Å². The monoisotopic (exact) mass is 272 g/mol. The molecule has 15 heavy (non-hydrogen) atoms. The second-order valence-corrected chi connectivity index (χ2v) is 4.02. The smallest absolute Gasteiger partial charge is 0.305 e. The Kier molecular flexibility index (Phi) is 5.25. The van der Waals surface area contributed by atoms with Crippen LogP contribution in [-0.2, 0) is 16.0 Å². The van der Waals surface area contributed by atoms with E-state index in [1.165, 1.54) is 7.11 Å². The van der Waals surface area contributed by atoms with Gasteiger partial charge in [0.2, 0.25) is 0 Å². The van der Waals surface area contributed by atoms with Crippen molar-refractivity contribution < 1.29 is 9.53 Å². The minimum Gasteiger partial charge on any atom is -0.469 e. The van der Waals surface area contributed by atoms with Gasteiger partial charge in [0.05, 0.1) is 11.6 Å². The molecule has 0 unspecified atom stereocenters. The molecule has 0 aliphatic heterocycles. The fourth-order valence-corrected chi connectivity index (χ4v) is 1.33. The normalized spacial score (nSPS) is 10.0. The second kappa shape index (κ2) is 6.50. The minimum absolute atomic E-state index is 0.160. The Labute approximate surface area is 97.2 Å². The Balaban J connectivity index is 2.20. The largest absolute Gasteiger partial charge is 0.469 e. The van der Waals surface area contributed by atoms with Gasteiger partial charge in [0, 0.05) is 25.2 Å². The Hall–Kier alpha value is -0.970. The quantitative estimate of drug-likeness (QED) is 0.609. The molecule has 0 aromatic carbocycles. The molecule has 0 N–H and O–H groups in total. The Morgan fingerprint density at radius 3 is 2.67 bits per heavy atom. The number of carbonyl (C=O) groups is 1. The first-order valence-electron chi connectivity index (χ1n) is 4.75. The topological polar surface area (TPSA) is 52.1 Å². The van der Waals surface area contributed by atoms with E-state index in [-0.39, 0.29) is 5.97 Å². The maximum atomic E-state index is 10.8. The number of halogens is 1. The number of rotatable bonds is 5. The van der Waals surface area contributed by atoms with Gasteiger partial charge in [-0.1, -0.05) is 0 Å². The summed E-state index contributed by atoms with van der Waals surface area (Å²) in [6, 6.07) is 0. The first kappa shape index (κ1) is 12.1. The third-order valence-corrected chi connectivity index (χ3v) is 2.34. The van der Waals surface area contributed by atoms with E-state index in [2.05, 4.69) is 30.6 Å². The van der Waals surface area contributed by atoms with Crippen molar-refractivity contribution in [1.82, 2.24) is 9.97 Å². The van der Waals surface area contributed by atoms with Crippen LogP contribution in [-0.4, -0.2) is 23.0 Å². The van der Waals surface area contributed by atoms with Gasteiger partial charge in [-0.25, -0.2) is 9.97 Å². The molecular weight excluding hydrogens is 260 g/mol. The van der Waals surface area contributed by atoms with Crippen LogP contribution in [0.3, 0.4) is 0 Å². The highest BCUT2D eigenvalue weighted by Gasteiger charge is 2.01. The van der Waals surface area contributed by atoms with Gasteiger partial charge in [-0.2, -0.15) is 0 Å². The number of unbranched alkanes of at least 4 members (excludes halogenated alkanes) is 1. The molecule has 1 rings (SSSR count). The lowest BCUT2D eigenvalue weighted by atomic mass is 10.2. The van der Waals surface area contributed by atoms with E-state index in [1.54, 1.807) is 12.4 Å². The van der Waals surface area contributed by atoms with Gasteiger partial charge in [-0.05, 0) is 28.8 Å². The Morgan fingerprint density at radius 1 is 1.40 bits per heavy atom. The number of nitrogens with zero attached hydrogens (tertiary/aromatic N) is 2. The highest BCUT2D eigenvalue weighted by Crippen LogP contribution is 2.07. The van der Waals surface area contributed by atoms with Crippen molar-refractivity contribution in [1.29, 1.82) is 0 Å². The lowest BCUT2D eigenvalue weighted by Gasteiger charge is -2.00. The Morgan fingerprint density at radius 2 is 2.07 bits per heavy atom. The molecule has 1 aromatic heterocycles. The fourth-order valence-electron chi connectivity index (χ4n) is 1.12. The van der Waals surface area contributed by atoms with Gasteiger partial charge in [0.1, 0.15) is 5.82 Å². The van der Waals surface area contributed by atoms with Crippen molar-refractivity contribution in [2.45, 2.75) is 25.7 Å². The average molecular weight is 273 g/mol. The molecule has 1 heterocycles. The SMILES string of the molecule is COC(=O)CCCCc1ncc(Br)cn1. The lowest BCUT2D eigenvalue weighted by molar-refractivity contribution is -0.140. The summed E-state index contributed by atoms with van der Waals surface area (Å²) in [5.41, 5.74) is 0. The van der Waals surface area contributed by atoms with Crippen molar-refractivity contribution in [2.75, 3.05) is 7.11 Å². The minimum atomic E-state index is -0.160. The van der Waals surface area contributed by atoms with Crippen LogP contribution in [0, 0.1) is 0 Å². The number of esters is 1. The summed E-state index contributed by atoms with van der Waals surface area (Å²) in [6.45, 7) is 0. The third-order valence-electron chi connectivity index (χ3n) is 1.93. The number of aromatic nitrogens is 2. The van der Waals surface area contributed by atoms with Crippen LogP contribution in [0.4, 0.5) is 0 Å². The molecule has 0 aliphatic carbocycles. The van der Waals surface area contributed by atoms with Crippen molar-refractivity contribution >= 4 is 21.9 Å². The first-order chi connectivity index (χ1) is 7.22. The van der Waals surface area contributed by atoms with Gasteiger partial charge in [0.25, 0.3) is 0 Å². The number of ether oxygens (including phenoxy) is 1. The van der Waals surface area contributed by atoms with Gasteiger partial charge in [-0.3, -0.25) is 4.79 Å². The van der Waals surface area contributed by atoms with Gasteiger partial charge in [0.15, 0.2) is 0 Å². The Bertz CT molecular complexity index is 314. The van der Waals surface area contributed by atoms with Gasteiger partial charge in [-0.15, -0.1) is 0 Å². The molecule has 0 radical (unpaired) electrons. The van der Waals surface area contributed by atoms with Crippen molar-refractivity contribution in [2.24, 2.45) is 0 Å². The first-order valence-corrected chi connectivity index (χ1v) is 5.55. The van der Waals surface area contributed by atoms with Crippen LogP contribution in [0.25, 0.3) is 0 Å². The number of hydrogen-bond donors (Lipinski definition) is 0. The zero-order valence-corrected chi connectivity index (χ0v) is 10.2. The summed E-state index contributed by atoms with van der Waals surface area (Å²) in [6.07, 6.45) is 6.42. The van der Waals surface area contributed by atoms with Crippen LogP contribution < -0.4 is 0 Å². The molecule has 0 amide bonds.